The number of hydrogen-bond acceptors (Lipinski definition) is 7. The number of nitro benzene ring substituents is 1. The van der Waals surface area contributed by atoms with E-state index in [2.05, 4.69) is 4.90 Å². The lowest BCUT2D eigenvalue weighted by Gasteiger charge is -2.31. The van der Waals surface area contributed by atoms with Gasteiger partial charge in [-0.05, 0) is 42.7 Å². The molecule has 3 aromatic rings. The van der Waals surface area contributed by atoms with Gasteiger partial charge in [0.15, 0.2) is 15.0 Å². The molecule has 174 valence electrons. The molecule has 1 aliphatic rings. The van der Waals surface area contributed by atoms with Gasteiger partial charge in [0.25, 0.3) is 5.69 Å². The van der Waals surface area contributed by atoms with Crippen LogP contribution in [0.5, 0.6) is 0 Å². The summed E-state index contributed by atoms with van der Waals surface area (Å²) in [4.78, 5) is 17.1. The average Bonchev–Trinajstić information content (AvgIpc) is 3.25. The first-order valence-corrected chi connectivity index (χ1v) is 13.5. The molecule has 1 aromatic heterocycles. The minimum Gasteiger partial charge on any atom is -0.348 e. The fraction of sp³-hybridized carbons (Fsp3) is 0.286. The number of halogens is 3. The third kappa shape index (κ3) is 5.27. The van der Waals surface area contributed by atoms with E-state index >= 15 is 0 Å². The predicted molar refractivity (Wildman–Crippen MR) is 132 cm³/mol. The number of aromatic nitrogens is 1. The average molecular weight is 547 g/mol. The molecular weight excluding hydrogens is 529 g/mol. The Morgan fingerprint density at radius 3 is 2.42 bits per heavy atom. The monoisotopic (exact) mass is 545 g/mol. The fourth-order valence-corrected chi connectivity index (χ4v) is 6.88. The summed E-state index contributed by atoms with van der Waals surface area (Å²) in [6.07, 6.45) is 1.43. The molecule has 0 amide bonds. The van der Waals surface area contributed by atoms with Crippen molar-refractivity contribution in [3.8, 4) is 0 Å². The van der Waals surface area contributed by atoms with Crippen molar-refractivity contribution in [1.82, 2.24) is 4.98 Å². The normalized spacial score (nSPS) is 15.1. The van der Waals surface area contributed by atoms with Crippen LogP contribution in [0.15, 0.2) is 46.7 Å². The van der Waals surface area contributed by atoms with Crippen LogP contribution in [0.25, 0.3) is 0 Å². The number of anilines is 1. The number of hydrogen-bond donors (Lipinski definition) is 0. The van der Waals surface area contributed by atoms with E-state index in [0.717, 1.165) is 22.5 Å². The molecule has 1 fully saturated rings. The van der Waals surface area contributed by atoms with Crippen molar-refractivity contribution in [2.45, 2.75) is 29.4 Å². The largest absolute Gasteiger partial charge is 0.348 e. The Balaban J connectivity index is 1.42. The fourth-order valence-electron chi connectivity index (χ4n) is 3.74. The standard InChI is InChI=1S/C21H18Cl3N3O4S2/c22-17-3-1-13(10-19(17)24)9-14-12-32-21(25-14)26-7-5-15(6-8-26)33(30,31)16-2-4-18(23)20(11-16)27(28)29/h1-4,10-12,15H,5-9H2. The molecule has 0 saturated carbocycles. The highest BCUT2D eigenvalue weighted by Gasteiger charge is 2.33. The summed E-state index contributed by atoms with van der Waals surface area (Å²) in [5.74, 6) is 0. The van der Waals surface area contributed by atoms with E-state index in [4.69, 9.17) is 39.8 Å². The maximum atomic E-state index is 13.1. The van der Waals surface area contributed by atoms with Gasteiger partial charge in [0.1, 0.15) is 5.02 Å². The summed E-state index contributed by atoms with van der Waals surface area (Å²) in [5, 5.41) is 14.2. The quantitative estimate of drug-likeness (QED) is 0.276. The third-order valence-electron chi connectivity index (χ3n) is 5.50. The molecule has 0 radical (unpaired) electrons. The number of nitrogens with zero attached hydrogens (tertiary/aromatic N) is 3. The number of nitro groups is 1. The summed E-state index contributed by atoms with van der Waals surface area (Å²) in [7, 11) is -3.71. The smallest absolute Gasteiger partial charge is 0.289 e. The second-order valence-corrected chi connectivity index (χ2v) is 11.9. The molecule has 0 N–H and O–H groups in total. The van der Waals surface area contributed by atoms with Crippen molar-refractivity contribution in [3.63, 3.8) is 0 Å². The van der Waals surface area contributed by atoms with E-state index in [0.29, 0.717) is 42.4 Å². The zero-order valence-electron chi connectivity index (χ0n) is 17.1. The van der Waals surface area contributed by atoms with Crippen LogP contribution >= 0.6 is 46.1 Å². The highest BCUT2D eigenvalue weighted by atomic mass is 35.5. The van der Waals surface area contributed by atoms with Crippen molar-refractivity contribution < 1.29 is 13.3 Å². The number of rotatable bonds is 6. The number of piperidine rings is 1. The Labute approximate surface area is 210 Å². The van der Waals surface area contributed by atoms with E-state index in [1.807, 2.05) is 17.5 Å². The van der Waals surface area contributed by atoms with E-state index in [-0.39, 0.29) is 9.92 Å². The SMILES string of the molecule is O=[N+]([O-])c1cc(S(=O)(=O)C2CCN(c3nc(Cc4ccc(Cl)c(Cl)c4)cs3)CC2)ccc1Cl. The van der Waals surface area contributed by atoms with Gasteiger partial charge in [-0.25, -0.2) is 13.4 Å². The Hall–Kier alpha value is -1.91. The zero-order chi connectivity index (χ0) is 23.8. The minimum atomic E-state index is -3.71. The van der Waals surface area contributed by atoms with Crippen molar-refractivity contribution in [2.24, 2.45) is 0 Å². The molecule has 0 bridgehead atoms. The Bertz CT molecular complexity index is 1310. The molecule has 7 nitrogen and oxygen atoms in total. The molecule has 2 aromatic carbocycles. The van der Waals surface area contributed by atoms with Gasteiger partial charge in [-0.3, -0.25) is 10.1 Å². The highest BCUT2D eigenvalue weighted by molar-refractivity contribution is 7.92. The topological polar surface area (TPSA) is 93.4 Å². The van der Waals surface area contributed by atoms with Gasteiger partial charge >= 0.3 is 0 Å². The second kappa shape index (κ2) is 9.76. The first-order chi connectivity index (χ1) is 15.6. The molecule has 1 saturated heterocycles. The Morgan fingerprint density at radius 2 is 1.76 bits per heavy atom. The van der Waals surface area contributed by atoms with E-state index in [9.17, 15) is 18.5 Å². The molecule has 4 rings (SSSR count). The number of benzene rings is 2. The van der Waals surface area contributed by atoms with Crippen molar-refractivity contribution in [2.75, 3.05) is 18.0 Å². The predicted octanol–water partition coefficient (Wildman–Crippen LogP) is 6.05. The first kappa shape index (κ1) is 24.2. The molecule has 0 atom stereocenters. The van der Waals surface area contributed by atoms with Crippen LogP contribution in [0.3, 0.4) is 0 Å². The van der Waals surface area contributed by atoms with Gasteiger partial charge in [0.2, 0.25) is 0 Å². The zero-order valence-corrected chi connectivity index (χ0v) is 21.0. The van der Waals surface area contributed by atoms with Gasteiger partial charge in [-0.15, -0.1) is 11.3 Å². The maximum Gasteiger partial charge on any atom is 0.289 e. The van der Waals surface area contributed by atoms with Crippen molar-refractivity contribution in [3.05, 3.63) is 78.2 Å². The number of sulfone groups is 1. The Kier molecular flexibility index (Phi) is 7.16. The highest BCUT2D eigenvalue weighted by Crippen LogP contribution is 2.33. The summed E-state index contributed by atoms with van der Waals surface area (Å²) in [6.45, 7) is 1.05. The lowest BCUT2D eigenvalue weighted by atomic mass is 10.1. The van der Waals surface area contributed by atoms with Crippen molar-refractivity contribution in [1.29, 1.82) is 0 Å². The number of thiazole rings is 1. The summed E-state index contributed by atoms with van der Waals surface area (Å²) >= 11 is 19.4. The second-order valence-electron chi connectivity index (χ2n) is 7.65. The molecule has 0 spiro atoms. The molecule has 1 aliphatic heterocycles. The van der Waals surface area contributed by atoms with Gasteiger partial charge in [0.05, 0.1) is 30.8 Å². The summed E-state index contributed by atoms with van der Waals surface area (Å²) in [6, 6.07) is 9.11. The van der Waals surface area contributed by atoms with Gasteiger partial charge in [-0.2, -0.15) is 0 Å². The molecule has 0 unspecified atom stereocenters. The van der Waals surface area contributed by atoms with E-state index < -0.39 is 25.7 Å². The molecule has 2 heterocycles. The lowest BCUT2D eigenvalue weighted by Crippen LogP contribution is -2.39. The van der Waals surface area contributed by atoms with Crippen LogP contribution in [-0.4, -0.2) is 36.7 Å². The van der Waals surface area contributed by atoms with E-state index in [1.54, 1.807) is 6.07 Å². The van der Waals surface area contributed by atoms with Crippen molar-refractivity contribution >= 4 is 66.8 Å². The van der Waals surface area contributed by atoms with Gasteiger partial charge in [-0.1, -0.05) is 40.9 Å². The van der Waals surface area contributed by atoms with Crippen LogP contribution in [-0.2, 0) is 16.3 Å². The van der Waals surface area contributed by atoms with Crippen LogP contribution < -0.4 is 4.90 Å². The summed E-state index contributed by atoms with van der Waals surface area (Å²) in [5.41, 5.74) is 1.49. The lowest BCUT2D eigenvalue weighted by molar-refractivity contribution is -0.384. The van der Waals surface area contributed by atoms with Crippen LogP contribution in [0.1, 0.15) is 24.1 Å². The van der Waals surface area contributed by atoms with E-state index in [1.165, 1.54) is 23.5 Å². The molecule has 33 heavy (non-hydrogen) atoms. The minimum absolute atomic E-state index is 0.0739. The Morgan fingerprint density at radius 1 is 1.06 bits per heavy atom. The summed E-state index contributed by atoms with van der Waals surface area (Å²) < 4.78 is 26.1. The first-order valence-electron chi connectivity index (χ1n) is 9.96. The molecule has 12 heteroatoms. The van der Waals surface area contributed by atoms with Gasteiger partial charge in [0, 0.05) is 31.0 Å². The third-order valence-corrected chi connectivity index (χ3v) is 9.77. The molecule has 0 aliphatic carbocycles. The molecular formula is C21H18Cl3N3O4S2. The van der Waals surface area contributed by atoms with Crippen LogP contribution in [0, 0.1) is 10.1 Å². The maximum absolute atomic E-state index is 13.1. The van der Waals surface area contributed by atoms with Crippen LogP contribution in [0.2, 0.25) is 15.1 Å². The van der Waals surface area contributed by atoms with Gasteiger partial charge < -0.3 is 4.90 Å². The van der Waals surface area contributed by atoms with Crippen LogP contribution in [0.4, 0.5) is 10.8 Å².